The smallest absolute Gasteiger partial charge is 0.320 e. The zero-order valence-corrected chi connectivity index (χ0v) is 20.5. The van der Waals surface area contributed by atoms with E-state index < -0.39 is 29.8 Å². The lowest BCUT2D eigenvalue weighted by molar-refractivity contribution is 0.139. The molecular weight excluding hydrogens is 468 g/mol. The Morgan fingerprint density at radius 1 is 1.19 bits per heavy atom. The second-order valence-corrected chi connectivity index (χ2v) is 9.01. The van der Waals surface area contributed by atoms with Crippen molar-refractivity contribution in [3.63, 3.8) is 0 Å². The number of hydrogen-bond donors (Lipinski definition) is 3. The first-order valence-electron chi connectivity index (χ1n) is 12.0. The highest BCUT2D eigenvalue weighted by Crippen LogP contribution is 2.31. The third kappa shape index (κ3) is 5.66. The van der Waals surface area contributed by atoms with Crippen molar-refractivity contribution >= 4 is 11.8 Å². The molecule has 0 saturated carbocycles. The van der Waals surface area contributed by atoms with E-state index in [4.69, 9.17) is 4.74 Å². The van der Waals surface area contributed by atoms with Gasteiger partial charge in [0, 0.05) is 25.6 Å². The summed E-state index contributed by atoms with van der Waals surface area (Å²) in [6.45, 7) is 7.12. The lowest BCUT2D eigenvalue weighted by atomic mass is 9.94. The number of ether oxygens (including phenoxy) is 1. The molecule has 1 aliphatic rings. The molecule has 3 atom stereocenters. The van der Waals surface area contributed by atoms with Crippen LogP contribution in [0.5, 0.6) is 5.88 Å². The Morgan fingerprint density at radius 2 is 1.94 bits per heavy atom. The van der Waals surface area contributed by atoms with E-state index in [-0.39, 0.29) is 5.92 Å². The fraction of sp³-hybridized carbons (Fsp3) is 0.385. The molecule has 3 N–H and O–H groups in total. The number of aromatic nitrogens is 2. The number of likely N-dealkylation sites (tertiary alicyclic amines) is 1. The lowest BCUT2D eigenvalue weighted by Crippen LogP contribution is -2.43. The van der Waals surface area contributed by atoms with Crippen LogP contribution in [-0.4, -0.2) is 64.2 Å². The first-order chi connectivity index (χ1) is 17.3. The topological polar surface area (TPSA) is 91.6 Å². The average Bonchev–Trinajstić information content (AvgIpc) is 3.37. The highest BCUT2D eigenvalue weighted by atomic mass is 19.2. The number of nitrogens with one attached hydrogen (secondary N) is 2. The Kier molecular flexibility index (Phi) is 7.85. The van der Waals surface area contributed by atoms with Crippen LogP contribution in [0.2, 0.25) is 0 Å². The van der Waals surface area contributed by atoms with Gasteiger partial charge in [-0.3, -0.25) is 10.2 Å². The second kappa shape index (κ2) is 11.0. The van der Waals surface area contributed by atoms with Gasteiger partial charge in [0.1, 0.15) is 5.82 Å². The maximum atomic E-state index is 14.0. The standard InChI is InChI=1S/C26H31F2N5O3/c1-4-36-25-17(3)24(33(31-25)19-8-6-5-7-9-19)30-26(35)29-23-15-32(13-16(2)34)14-20(23)18-10-11-21(27)22(28)12-18/h5-12,16,20,23,34H,4,13-15H2,1-3H3,(H2,29,30,35). The number of halogens is 2. The molecule has 1 aromatic heterocycles. The number of amides is 2. The number of anilines is 1. The Balaban J connectivity index is 1.57. The highest BCUT2D eigenvalue weighted by Gasteiger charge is 2.36. The first kappa shape index (κ1) is 25.6. The van der Waals surface area contributed by atoms with Gasteiger partial charge in [-0.25, -0.2) is 18.3 Å². The molecule has 1 fully saturated rings. The van der Waals surface area contributed by atoms with Crippen LogP contribution >= 0.6 is 0 Å². The molecule has 3 aromatic rings. The molecule has 0 aliphatic carbocycles. The fourth-order valence-electron chi connectivity index (χ4n) is 4.60. The molecule has 0 radical (unpaired) electrons. The van der Waals surface area contributed by atoms with Crippen molar-refractivity contribution in [1.82, 2.24) is 20.0 Å². The molecule has 1 aliphatic heterocycles. The SMILES string of the molecule is CCOc1nn(-c2ccccc2)c(NC(=O)NC2CN(CC(C)O)CC2c2ccc(F)c(F)c2)c1C. The minimum atomic E-state index is -0.935. The van der Waals surface area contributed by atoms with Crippen molar-refractivity contribution in [2.45, 2.75) is 38.8 Å². The summed E-state index contributed by atoms with van der Waals surface area (Å²) < 4.78 is 34.8. The monoisotopic (exact) mass is 499 g/mol. The maximum Gasteiger partial charge on any atom is 0.320 e. The third-order valence-corrected chi connectivity index (χ3v) is 6.20. The number of carbonyl (C=O) groups is 1. The van der Waals surface area contributed by atoms with Crippen molar-refractivity contribution in [1.29, 1.82) is 0 Å². The van der Waals surface area contributed by atoms with Gasteiger partial charge in [-0.1, -0.05) is 24.3 Å². The van der Waals surface area contributed by atoms with Gasteiger partial charge >= 0.3 is 6.03 Å². The summed E-state index contributed by atoms with van der Waals surface area (Å²) >= 11 is 0. The van der Waals surface area contributed by atoms with Crippen LogP contribution in [0.15, 0.2) is 48.5 Å². The third-order valence-electron chi connectivity index (χ3n) is 6.20. The van der Waals surface area contributed by atoms with E-state index in [2.05, 4.69) is 15.7 Å². The number of benzene rings is 2. The predicted molar refractivity (Wildman–Crippen MR) is 133 cm³/mol. The number of hydrogen-bond acceptors (Lipinski definition) is 5. The van der Waals surface area contributed by atoms with E-state index in [0.717, 1.165) is 11.8 Å². The van der Waals surface area contributed by atoms with Crippen LogP contribution in [-0.2, 0) is 0 Å². The average molecular weight is 500 g/mol. The van der Waals surface area contributed by atoms with Crippen LogP contribution in [0.1, 0.15) is 30.9 Å². The number of urea groups is 1. The van der Waals surface area contributed by atoms with Gasteiger partial charge < -0.3 is 15.2 Å². The summed E-state index contributed by atoms with van der Waals surface area (Å²) in [6, 6.07) is 12.3. The summed E-state index contributed by atoms with van der Waals surface area (Å²) in [5.74, 6) is -1.26. The Labute approximate surface area is 208 Å². The molecule has 8 nitrogen and oxygen atoms in total. The van der Waals surface area contributed by atoms with Crippen molar-refractivity contribution < 1.29 is 23.4 Å². The minimum Gasteiger partial charge on any atom is -0.477 e. The van der Waals surface area contributed by atoms with Crippen molar-refractivity contribution in [2.75, 3.05) is 31.6 Å². The predicted octanol–water partition coefficient (Wildman–Crippen LogP) is 3.83. The van der Waals surface area contributed by atoms with Gasteiger partial charge in [-0.05, 0) is 50.6 Å². The zero-order valence-electron chi connectivity index (χ0n) is 20.5. The number of β-amino-alcohol motifs (C(OH)–C–C–N with tert-alkyl or cyclic N) is 1. The molecule has 36 heavy (non-hydrogen) atoms. The van der Waals surface area contributed by atoms with Gasteiger partial charge in [-0.2, -0.15) is 0 Å². The molecule has 3 unspecified atom stereocenters. The van der Waals surface area contributed by atoms with Crippen molar-refractivity contribution in [3.05, 3.63) is 71.3 Å². The van der Waals surface area contributed by atoms with E-state index in [1.54, 1.807) is 11.6 Å². The van der Waals surface area contributed by atoms with E-state index in [1.165, 1.54) is 12.1 Å². The molecule has 10 heteroatoms. The fourth-order valence-corrected chi connectivity index (χ4v) is 4.60. The number of carbonyl (C=O) groups excluding carboxylic acids is 1. The van der Waals surface area contributed by atoms with Crippen LogP contribution < -0.4 is 15.4 Å². The van der Waals surface area contributed by atoms with E-state index in [0.29, 0.717) is 49.1 Å². The largest absolute Gasteiger partial charge is 0.477 e. The van der Waals surface area contributed by atoms with Crippen LogP contribution in [0, 0.1) is 18.6 Å². The summed E-state index contributed by atoms with van der Waals surface area (Å²) in [5, 5.41) is 20.3. The minimum absolute atomic E-state index is 0.288. The lowest BCUT2D eigenvalue weighted by Gasteiger charge is -2.21. The Morgan fingerprint density at radius 3 is 2.61 bits per heavy atom. The maximum absolute atomic E-state index is 14.0. The number of aliphatic hydroxyl groups is 1. The van der Waals surface area contributed by atoms with E-state index in [1.807, 2.05) is 49.1 Å². The highest BCUT2D eigenvalue weighted by molar-refractivity contribution is 5.90. The molecule has 4 rings (SSSR count). The van der Waals surface area contributed by atoms with Crippen LogP contribution in [0.25, 0.3) is 5.69 Å². The summed E-state index contributed by atoms with van der Waals surface area (Å²) in [7, 11) is 0. The molecule has 0 spiro atoms. The van der Waals surface area contributed by atoms with Crippen molar-refractivity contribution in [3.8, 4) is 11.6 Å². The number of rotatable bonds is 8. The number of para-hydroxylation sites is 1. The Hall–Kier alpha value is -3.50. The van der Waals surface area contributed by atoms with Gasteiger partial charge in [0.2, 0.25) is 5.88 Å². The van der Waals surface area contributed by atoms with E-state index in [9.17, 15) is 18.7 Å². The van der Waals surface area contributed by atoms with E-state index >= 15 is 0 Å². The van der Waals surface area contributed by atoms with Gasteiger partial charge in [0.05, 0.1) is 30.0 Å². The van der Waals surface area contributed by atoms with Gasteiger partial charge in [-0.15, -0.1) is 5.10 Å². The molecule has 192 valence electrons. The van der Waals surface area contributed by atoms with Crippen LogP contribution in [0.3, 0.4) is 0 Å². The Bertz CT molecular complexity index is 1200. The number of aliphatic hydroxyl groups excluding tert-OH is 1. The van der Waals surface area contributed by atoms with Crippen molar-refractivity contribution in [2.24, 2.45) is 0 Å². The quantitative estimate of drug-likeness (QED) is 0.438. The molecular formula is C26H31F2N5O3. The van der Waals surface area contributed by atoms with Gasteiger partial charge in [0.15, 0.2) is 11.6 Å². The zero-order chi connectivity index (χ0) is 25.8. The molecule has 2 amide bonds. The normalized spacial score (nSPS) is 18.7. The second-order valence-electron chi connectivity index (χ2n) is 9.01. The molecule has 2 heterocycles. The summed E-state index contributed by atoms with van der Waals surface area (Å²) in [6.07, 6.45) is -0.567. The first-order valence-corrected chi connectivity index (χ1v) is 12.0. The molecule has 1 saturated heterocycles. The summed E-state index contributed by atoms with van der Waals surface area (Å²) in [4.78, 5) is 15.2. The van der Waals surface area contributed by atoms with Crippen LogP contribution in [0.4, 0.5) is 19.4 Å². The molecule has 0 bridgehead atoms. The van der Waals surface area contributed by atoms with Gasteiger partial charge in [0.25, 0.3) is 0 Å². The number of nitrogens with zero attached hydrogens (tertiary/aromatic N) is 3. The molecule has 2 aromatic carbocycles. The summed E-state index contributed by atoms with van der Waals surface area (Å²) in [5.41, 5.74) is 2.01.